The summed E-state index contributed by atoms with van der Waals surface area (Å²) < 4.78 is 0. The molecule has 0 spiro atoms. The lowest BCUT2D eigenvalue weighted by atomic mass is 9.95. The summed E-state index contributed by atoms with van der Waals surface area (Å²) in [6, 6.07) is 5.05. The van der Waals surface area contributed by atoms with Crippen molar-refractivity contribution in [2.75, 3.05) is 16.0 Å². The van der Waals surface area contributed by atoms with E-state index in [1.54, 1.807) is 18.2 Å². The molecule has 0 saturated heterocycles. The number of rotatable bonds is 5. The van der Waals surface area contributed by atoms with Crippen LogP contribution in [0.2, 0.25) is 0 Å². The average Bonchev–Trinajstić information content (AvgIpc) is 2.44. The summed E-state index contributed by atoms with van der Waals surface area (Å²) >= 11 is 0. The molecule has 0 unspecified atom stereocenters. The second kappa shape index (κ2) is 8.34. The molecule has 6 heteroatoms. The molecule has 26 heavy (non-hydrogen) atoms. The number of amides is 3. The summed E-state index contributed by atoms with van der Waals surface area (Å²) in [5, 5.41) is 8.48. The summed E-state index contributed by atoms with van der Waals surface area (Å²) in [6.45, 7) is 12.8. The second-order valence-corrected chi connectivity index (χ2v) is 8.51. The van der Waals surface area contributed by atoms with Crippen molar-refractivity contribution >= 4 is 34.8 Å². The van der Waals surface area contributed by atoms with E-state index >= 15 is 0 Å². The zero-order valence-electron chi connectivity index (χ0n) is 16.9. The van der Waals surface area contributed by atoms with Crippen molar-refractivity contribution in [1.29, 1.82) is 0 Å². The minimum Gasteiger partial charge on any atom is -0.326 e. The Balaban J connectivity index is 3.15. The van der Waals surface area contributed by atoms with Crippen molar-refractivity contribution in [3.63, 3.8) is 0 Å². The molecule has 0 atom stereocenters. The van der Waals surface area contributed by atoms with E-state index < -0.39 is 10.8 Å². The molecule has 6 nitrogen and oxygen atoms in total. The third-order valence-electron chi connectivity index (χ3n) is 3.57. The number of hydrogen-bond acceptors (Lipinski definition) is 3. The Labute approximate surface area is 156 Å². The van der Waals surface area contributed by atoms with Crippen molar-refractivity contribution in [2.45, 2.75) is 61.3 Å². The third-order valence-corrected chi connectivity index (χ3v) is 3.57. The normalized spacial score (nSPS) is 11.7. The van der Waals surface area contributed by atoms with Crippen molar-refractivity contribution in [2.24, 2.45) is 10.8 Å². The molecule has 144 valence electrons. The number of carbonyl (C=O) groups is 3. The number of nitrogens with one attached hydrogen (secondary N) is 3. The van der Waals surface area contributed by atoms with Gasteiger partial charge in [-0.05, 0) is 24.6 Å². The van der Waals surface area contributed by atoms with Gasteiger partial charge in [-0.15, -0.1) is 0 Å². The van der Waals surface area contributed by atoms with E-state index in [4.69, 9.17) is 0 Å². The molecule has 0 aliphatic heterocycles. The molecule has 0 heterocycles. The van der Waals surface area contributed by atoms with Gasteiger partial charge in [-0.2, -0.15) is 0 Å². The molecule has 1 aromatic carbocycles. The van der Waals surface area contributed by atoms with Crippen LogP contribution in [0.15, 0.2) is 18.2 Å². The van der Waals surface area contributed by atoms with Crippen LogP contribution in [0, 0.1) is 10.8 Å². The Morgan fingerprint density at radius 2 is 1.08 bits per heavy atom. The lowest BCUT2D eigenvalue weighted by Crippen LogP contribution is -2.29. The standard InChI is InChI=1S/C20H31N3O3/c1-8-9-16(24)21-13-10-14(22-17(25)19(2,3)4)12-15(11-13)23-18(26)20(5,6)7/h10-12H,8-9H2,1-7H3,(H,21,24)(H,22,25)(H,23,26). The molecule has 3 N–H and O–H groups in total. The van der Waals surface area contributed by atoms with Crippen molar-refractivity contribution < 1.29 is 14.4 Å². The highest BCUT2D eigenvalue weighted by molar-refractivity contribution is 6.00. The molecule has 0 aliphatic carbocycles. The van der Waals surface area contributed by atoms with E-state index in [1.807, 2.05) is 48.5 Å². The van der Waals surface area contributed by atoms with E-state index in [1.165, 1.54) is 0 Å². The van der Waals surface area contributed by atoms with Gasteiger partial charge in [0, 0.05) is 34.3 Å². The maximum atomic E-state index is 12.3. The summed E-state index contributed by atoms with van der Waals surface area (Å²) in [5.41, 5.74) is 0.443. The Kier molecular flexibility index (Phi) is 6.95. The maximum absolute atomic E-state index is 12.3. The molecule has 0 saturated carbocycles. The molecule has 0 radical (unpaired) electrons. The first-order valence-electron chi connectivity index (χ1n) is 8.91. The molecule has 0 bridgehead atoms. The van der Waals surface area contributed by atoms with Crippen LogP contribution in [0.5, 0.6) is 0 Å². The van der Waals surface area contributed by atoms with Crippen LogP contribution in [0.1, 0.15) is 61.3 Å². The molecule has 3 amide bonds. The van der Waals surface area contributed by atoms with Gasteiger partial charge in [0.2, 0.25) is 17.7 Å². The zero-order chi connectivity index (χ0) is 20.1. The van der Waals surface area contributed by atoms with Crippen molar-refractivity contribution in [3.05, 3.63) is 18.2 Å². The maximum Gasteiger partial charge on any atom is 0.229 e. The first-order chi connectivity index (χ1) is 11.8. The largest absolute Gasteiger partial charge is 0.326 e. The lowest BCUT2D eigenvalue weighted by molar-refractivity contribution is -0.123. The van der Waals surface area contributed by atoms with Gasteiger partial charge in [-0.1, -0.05) is 48.5 Å². The van der Waals surface area contributed by atoms with Gasteiger partial charge in [0.15, 0.2) is 0 Å². The Hall–Kier alpha value is -2.37. The van der Waals surface area contributed by atoms with Gasteiger partial charge in [0.1, 0.15) is 0 Å². The van der Waals surface area contributed by atoms with E-state index in [-0.39, 0.29) is 17.7 Å². The van der Waals surface area contributed by atoms with Gasteiger partial charge in [-0.25, -0.2) is 0 Å². The molecule has 1 aromatic rings. The van der Waals surface area contributed by atoms with Crippen molar-refractivity contribution in [1.82, 2.24) is 0 Å². The smallest absolute Gasteiger partial charge is 0.229 e. The first-order valence-corrected chi connectivity index (χ1v) is 8.91. The molecule has 0 aliphatic rings. The van der Waals surface area contributed by atoms with E-state index in [0.29, 0.717) is 23.5 Å². The quantitative estimate of drug-likeness (QED) is 0.726. The molecular weight excluding hydrogens is 330 g/mol. The van der Waals surface area contributed by atoms with Crippen LogP contribution in [0.25, 0.3) is 0 Å². The summed E-state index contributed by atoms with van der Waals surface area (Å²) in [5.74, 6) is -0.412. The molecule has 1 rings (SSSR count). The van der Waals surface area contributed by atoms with E-state index in [9.17, 15) is 14.4 Å². The molecule has 0 aromatic heterocycles. The van der Waals surface area contributed by atoms with Gasteiger partial charge in [0.05, 0.1) is 0 Å². The van der Waals surface area contributed by atoms with Gasteiger partial charge in [-0.3, -0.25) is 14.4 Å². The zero-order valence-corrected chi connectivity index (χ0v) is 16.9. The topological polar surface area (TPSA) is 87.3 Å². The van der Waals surface area contributed by atoms with Crippen LogP contribution in [-0.4, -0.2) is 17.7 Å². The van der Waals surface area contributed by atoms with Crippen LogP contribution in [0.4, 0.5) is 17.1 Å². The SMILES string of the molecule is CCCC(=O)Nc1cc(NC(=O)C(C)(C)C)cc(NC(=O)C(C)(C)C)c1. The number of anilines is 3. The number of benzene rings is 1. The highest BCUT2D eigenvalue weighted by Gasteiger charge is 2.23. The molecular formula is C20H31N3O3. The summed E-state index contributed by atoms with van der Waals surface area (Å²) in [7, 11) is 0. The van der Waals surface area contributed by atoms with Gasteiger partial charge in [0.25, 0.3) is 0 Å². The summed E-state index contributed by atoms with van der Waals surface area (Å²) in [6.07, 6.45) is 1.14. The lowest BCUT2D eigenvalue weighted by Gasteiger charge is -2.21. The molecule has 0 fully saturated rings. The van der Waals surface area contributed by atoms with Crippen LogP contribution in [-0.2, 0) is 14.4 Å². The predicted molar refractivity (Wildman–Crippen MR) is 106 cm³/mol. The van der Waals surface area contributed by atoms with Gasteiger partial charge >= 0.3 is 0 Å². The Bertz CT molecular complexity index is 636. The predicted octanol–water partition coefficient (Wildman–Crippen LogP) is 4.39. The van der Waals surface area contributed by atoms with Crippen LogP contribution < -0.4 is 16.0 Å². The summed E-state index contributed by atoms with van der Waals surface area (Å²) in [4.78, 5) is 36.5. The fourth-order valence-corrected chi connectivity index (χ4v) is 1.93. The van der Waals surface area contributed by atoms with Crippen LogP contribution >= 0.6 is 0 Å². The minimum absolute atomic E-state index is 0.111. The van der Waals surface area contributed by atoms with Crippen molar-refractivity contribution in [3.8, 4) is 0 Å². The highest BCUT2D eigenvalue weighted by atomic mass is 16.2. The van der Waals surface area contributed by atoms with Gasteiger partial charge < -0.3 is 16.0 Å². The fourth-order valence-electron chi connectivity index (χ4n) is 1.93. The highest BCUT2D eigenvalue weighted by Crippen LogP contribution is 2.27. The second-order valence-electron chi connectivity index (χ2n) is 8.51. The van der Waals surface area contributed by atoms with Crippen LogP contribution in [0.3, 0.4) is 0 Å². The Morgan fingerprint density at radius 3 is 1.38 bits per heavy atom. The van der Waals surface area contributed by atoms with E-state index in [0.717, 1.165) is 6.42 Å². The van der Waals surface area contributed by atoms with E-state index in [2.05, 4.69) is 16.0 Å². The Morgan fingerprint density at radius 1 is 0.731 bits per heavy atom. The first kappa shape index (κ1) is 21.7. The number of hydrogen-bond donors (Lipinski definition) is 3. The third kappa shape index (κ3) is 6.86. The number of carbonyl (C=O) groups excluding carboxylic acids is 3. The fraction of sp³-hybridized carbons (Fsp3) is 0.550. The average molecular weight is 361 g/mol. The monoisotopic (exact) mass is 361 g/mol. The minimum atomic E-state index is -0.559.